The second-order valence-corrected chi connectivity index (χ2v) is 9.67. The van der Waals surface area contributed by atoms with Crippen LogP contribution in [-0.2, 0) is 10.0 Å². The minimum Gasteiger partial charge on any atom is -0.495 e. The van der Waals surface area contributed by atoms with Gasteiger partial charge in [-0.15, -0.1) is 0 Å². The fourth-order valence-corrected chi connectivity index (χ4v) is 6.54. The minimum atomic E-state index is -3.72. The lowest BCUT2D eigenvalue weighted by Crippen LogP contribution is -3.11. The van der Waals surface area contributed by atoms with E-state index in [2.05, 4.69) is 20.0 Å². The van der Waals surface area contributed by atoms with Gasteiger partial charge in [-0.05, 0) is 43.2 Å². The van der Waals surface area contributed by atoms with Crippen LogP contribution in [-0.4, -0.2) is 41.7 Å². The van der Waals surface area contributed by atoms with Crippen LogP contribution in [0.1, 0.15) is 29.0 Å². The van der Waals surface area contributed by atoms with Gasteiger partial charge in [0.25, 0.3) is 10.0 Å². The van der Waals surface area contributed by atoms with Crippen molar-refractivity contribution in [2.45, 2.75) is 37.1 Å². The Morgan fingerprint density at radius 2 is 1.81 bits per heavy atom. The maximum Gasteiger partial charge on any atom is 0.268 e. The molecule has 144 valence electrons. The first-order valence-corrected chi connectivity index (χ1v) is 10.9. The number of nitrogens with one attached hydrogen (secondary N) is 1. The molecule has 0 spiro atoms. The molecule has 5 nitrogen and oxygen atoms in total. The average molecular weight is 388 g/mol. The molecular weight excluding hydrogens is 360 g/mol. The number of ether oxygens (including phenoxy) is 1. The summed E-state index contributed by atoms with van der Waals surface area (Å²) in [7, 11) is -0.0115. The summed E-state index contributed by atoms with van der Waals surface area (Å²) in [6.07, 6.45) is 0.859. The van der Waals surface area contributed by atoms with Crippen LogP contribution in [0.25, 0.3) is 0 Å². The number of likely N-dealkylation sites (tertiary alicyclic amines) is 1. The lowest BCUT2D eigenvalue weighted by Gasteiger charge is -2.35. The van der Waals surface area contributed by atoms with E-state index in [1.165, 1.54) is 17.6 Å². The molecule has 2 aliphatic rings. The Bertz CT molecular complexity index is 987. The molecule has 1 N–H and O–H groups in total. The second kappa shape index (κ2) is 6.53. The fraction of sp³-hybridized carbons (Fsp3) is 0.429. The Morgan fingerprint density at radius 1 is 1.11 bits per heavy atom. The lowest BCUT2D eigenvalue weighted by molar-refractivity contribution is -0.886. The number of quaternary nitrogens is 1. The van der Waals surface area contributed by atoms with E-state index in [4.69, 9.17) is 4.74 Å². The number of hydrogen-bond acceptors (Lipinski definition) is 3. The summed E-state index contributed by atoms with van der Waals surface area (Å²) in [4.78, 5) is 1.71. The Balaban J connectivity index is 1.89. The topological polar surface area (TPSA) is 51.1 Å². The Kier molecular flexibility index (Phi) is 4.43. The van der Waals surface area contributed by atoms with Crippen molar-refractivity contribution in [3.63, 3.8) is 0 Å². The largest absolute Gasteiger partial charge is 0.495 e. The van der Waals surface area contributed by atoms with Crippen molar-refractivity contribution in [1.82, 2.24) is 0 Å². The molecule has 2 aromatic rings. The summed E-state index contributed by atoms with van der Waals surface area (Å²) in [5.74, 6) is 0.635. The van der Waals surface area contributed by atoms with Crippen molar-refractivity contribution in [1.29, 1.82) is 0 Å². The zero-order valence-electron chi connectivity index (χ0n) is 16.3. The SMILES string of the molecule is COc1ccc(C)cc1S(=O)(=O)N1c2ccc(C)cc2[C@@H]2C[NH+](C)CC[C@@H]21. The van der Waals surface area contributed by atoms with Gasteiger partial charge in [0, 0.05) is 6.42 Å². The smallest absolute Gasteiger partial charge is 0.268 e. The number of piperidine rings is 1. The maximum atomic E-state index is 13.8. The number of nitrogens with zero attached hydrogens (tertiary/aromatic N) is 1. The molecule has 0 saturated carbocycles. The molecule has 1 saturated heterocycles. The molecular formula is C21H27N2O3S+. The number of rotatable bonds is 3. The molecule has 1 unspecified atom stereocenters. The van der Waals surface area contributed by atoms with Crippen molar-refractivity contribution in [3.8, 4) is 5.75 Å². The van der Waals surface area contributed by atoms with Crippen LogP contribution in [0, 0.1) is 13.8 Å². The van der Waals surface area contributed by atoms with Crippen molar-refractivity contribution < 1.29 is 18.1 Å². The van der Waals surface area contributed by atoms with Crippen LogP contribution in [0.5, 0.6) is 5.75 Å². The number of aryl methyl sites for hydroxylation is 2. The van der Waals surface area contributed by atoms with Gasteiger partial charge in [-0.25, -0.2) is 8.42 Å². The summed E-state index contributed by atoms with van der Waals surface area (Å²) in [6, 6.07) is 11.4. The van der Waals surface area contributed by atoms with Crippen LogP contribution in [0.4, 0.5) is 5.69 Å². The van der Waals surface area contributed by atoms with E-state index in [9.17, 15) is 8.42 Å². The van der Waals surface area contributed by atoms with Crippen LogP contribution in [0.15, 0.2) is 41.3 Å². The van der Waals surface area contributed by atoms with Crippen LogP contribution >= 0.6 is 0 Å². The third-order valence-electron chi connectivity index (χ3n) is 5.88. The average Bonchev–Trinajstić information content (AvgIpc) is 2.95. The molecule has 0 aliphatic carbocycles. The predicted molar refractivity (Wildman–Crippen MR) is 106 cm³/mol. The molecule has 6 heteroatoms. The van der Waals surface area contributed by atoms with Crippen LogP contribution in [0.2, 0.25) is 0 Å². The quantitative estimate of drug-likeness (QED) is 0.875. The summed E-state index contributed by atoms with van der Waals surface area (Å²) in [5.41, 5.74) is 4.06. The van der Waals surface area contributed by atoms with Gasteiger partial charge < -0.3 is 9.64 Å². The first-order valence-electron chi connectivity index (χ1n) is 9.44. The van der Waals surface area contributed by atoms with Crippen LogP contribution in [0.3, 0.4) is 0 Å². The number of benzene rings is 2. The molecule has 0 amide bonds. The highest BCUT2D eigenvalue weighted by Crippen LogP contribution is 2.46. The highest BCUT2D eigenvalue weighted by molar-refractivity contribution is 7.93. The van der Waals surface area contributed by atoms with Gasteiger partial charge in [0.05, 0.1) is 44.9 Å². The molecule has 0 bridgehead atoms. The summed E-state index contributed by atoms with van der Waals surface area (Å²) < 4.78 is 34.7. The van der Waals surface area contributed by atoms with Crippen molar-refractivity contribution in [2.75, 3.05) is 31.6 Å². The molecule has 2 heterocycles. The molecule has 3 atom stereocenters. The first-order chi connectivity index (χ1) is 12.8. The van der Waals surface area contributed by atoms with Crippen molar-refractivity contribution >= 4 is 15.7 Å². The van der Waals surface area contributed by atoms with E-state index in [1.807, 2.05) is 25.1 Å². The number of fused-ring (bicyclic) bond motifs is 3. The number of anilines is 1. The minimum absolute atomic E-state index is 0.0271. The summed E-state index contributed by atoms with van der Waals surface area (Å²) >= 11 is 0. The van der Waals surface area contributed by atoms with Gasteiger partial charge in [0.15, 0.2) is 0 Å². The molecule has 0 radical (unpaired) electrons. The highest BCUT2D eigenvalue weighted by Gasteiger charge is 2.48. The zero-order valence-corrected chi connectivity index (χ0v) is 17.1. The maximum absolute atomic E-state index is 13.8. The van der Waals surface area contributed by atoms with Gasteiger partial charge in [0.1, 0.15) is 10.6 Å². The predicted octanol–water partition coefficient (Wildman–Crippen LogP) is 1.89. The van der Waals surface area contributed by atoms with E-state index in [-0.39, 0.29) is 16.9 Å². The molecule has 2 aliphatic heterocycles. The molecule has 2 aromatic carbocycles. The summed E-state index contributed by atoms with van der Waals surface area (Å²) in [6.45, 7) is 5.90. The van der Waals surface area contributed by atoms with Crippen LogP contribution < -0.4 is 13.9 Å². The third-order valence-corrected chi connectivity index (χ3v) is 7.74. The van der Waals surface area contributed by atoms with Crippen molar-refractivity contribution in [2.24, 2.45) is 0 Å². The standard InChI is InChI=1S/C21H26N2O3S/c1-14-5-7-18-16(11-14)17-13-22(3)10-9-19(17)23(18)27(24,25)21-12-15(2)6-8-20(21)26-4/h5-8,11-12,17,19H,9-10,13H2,1-4H3/p+1/t17-,19-/m0/s1. The highest BCUT2D eigenvalue weighted by atomic mass is 32.2. The van der Waals surface area contributed by atoms with Gasteiger partial charge in [-0.1, -0.05) is 23.8 Å². The summed E-state index contributed by atoms with van der Waals surface area (Å²) in [5, 5.41) is 0. The Hall–Kier alpha value is -2.05. The molecule has 4 rings (SSSR count). The van der Waals surface area contributed by atoms with E-state index in [0.29, 0.717) is 5.75 Å². The monoisotopic (exact) mass is 387 g/mol. The molecule has 0 aromatic heterocycles. The van der Waals surface area contributed by atoms with E-state index < -0.39 is 10.0 Å². The van der Waals surface area contributed by atoms with Crippen molar-refractivity contribution in [3.05, 3.63) is 53.1 Å². The second-order valence-electron chi connectivity index (χ2n) is 7.89. The van der Waals surface area contributed by atoms with E-state index in [1.54, 1.807) is 16.4 Å². The van der Waals surface area contributed by atoms with Gasteiger partial charge >= 0.3 is 0 Å². The Morgan fingerprint density at radius 3 is 2.56 bits per heavy atom. The lowest BCUT2D eigenvalue weighted by atomic mass is 9.89. The Labute approximate surface area is 161 Å². The van der Waals surface area contributed by atoms with Gasteiger partial charge in [-0.3, -0.25) is 4.31 Å². The van der Waals surface area contributed by atoms with Gasteiger partial charge in [0.2, 0.25) is 0 Å². The fourth-order valence-electron chi connectivity index (χ4n) is 4.56. The normalized spacial score (nSPS) is 24.4. The van der Waals surface area contributed by atoms with E-state index >= 15 is 0 Å². The first kappa shape index (κ1) is 18.3. The number of sulfonamides is 1. The third kappa shape index (κ3) is 2.91. The number of methoxy groups -OCH3 is 1. The molecule has 27 heavy (non-hydrogen) atoms. The molecule has 1 fully saturated rings. The number of hydrogen-bond donors (Lipinski definition) is 1. The zero-order chi connectivity index (χ0) is 19.3. The number of likely N-dealkylation sites (N-methyl/N-ethyl adjacent to an activating group) is 1. The van der Waals surface area contributed by atoms with Gasteiger partial charge in [-0.2, -0.15) is 0 Å². The van der Waals surface area contributed by atoms with E-state index in [0.717, 1.165) is 36.3 Å².